The third-order valence-electron chi connectivity index (χ3n) is 5.34. The molecule has 1 saturated heterocycles. The predicted octanol–water partition coefficient (Wildman–Crippen LogP) is 3.76. The van der Waals surface area contributed by atoms with Crippen molar-refractivity contribution in [2.75, 3.05) is 11.9 Å². The number of nitrogens with one attached hydrogen (secondary N) is 2. The SMILES string of the molecule is Cc1n[nH]c(C)c1[C@@H]1CCCCCN1C(=O)Nc1ccc(-n2ccnn2)cc1. The Balaban J connectivity index is 1.53. The van der Waals surface area contributed by atoms with E-state index in [0.717, 1.165) is 60.6 Å². The molecule has 3 aromatic rings. The van der Waals surface area contributed by atoms with Gasteiger partial charge in [0.05, 0.1) is 29.8 Å². The Morgan fingerprint density at radius 2 is 2.00 bits per heavy atom. The van der Waals surface area contributed by atoms with Gasteiger partial charge in [-0.2, -0.15) is 5.10 Å². The molecule has 1 atom stereocenters. The highest BCUT2D eigenvalue weighted by molar-refractivity contribution is 5.89. The third kappa shape index (κ3) is 3.62. The number of aromatic nitrogens is 5. The van der Waals surface area contributed by atoms with Crippen LogP contribution >= 0.6 is 0 Å². The normalized spacial score (nSPS) is 17.4. The minimum atomic E-state index is -0.0691. The number of urea groups is 1. The zero-order valence-electron chi connectivity index (χ0n) is 16.2. The zero-order chi connectivity index (χ0) is 19.5. The van der Waals surface area contributed by atoms with E-state index in [4.69, 9.17) is 0 Å². The van der Waals surface area contributed by atoms with E-state index in [1.165, 1.54) is 0 Å². The number of nitrogens with zero attached hydrogens (tertiary/aromatic N) is 5. The van der Waals surface area contributed by atoms with Gasteiger partial charge in [0.25, 0.3) is 0 Å². The number of carbonyl (C=O) groups excluding carboxylic acids is 1. The maximum absolute atomic E-state index is 13.1. The van der Waals surface area contributed by atoms with E-state index in [9.17, 15) is 4.79 Å². The summed E-state index contributed by atoms with van der Waals surface area (Å²) in [7, 11) is 0. The molecule has 146 valence electrons. The summed E-state index contributed by atoms with van der Waals surface area (Å²) in [6, 6.07) is 7.58. The van der Waals surface area contributed by atoms with Crippen LogP contribution in [0.25, 0.3) is 5.69 Å². The maximum atomic E-state index is 13.1. The summed E-state index contributed by atoms with van der Waals surface area (Å²) in [5.74, 6) is 0. The number of hydrogen-bond acceptors (Lipinski definition) is 4. The number of hydrogen-bond donors (Lipinski definition) is 2. The van der Waals surface area contributed by atoms with Crippen molar-refractivity contribution < 1.29 is 4.79 Å². The first-order valence-electron chi connectivity index (χ1n) is 9.69. The van der Waals surface area contributed by atoms with Crippen molar-refractivity contribution in [3.63, 3.8) is 0 Å². The van der Waals surface area contributed by atoms with Gasteiger partial charge in [0, 0.05) is 23.5 Å². The molecular formula is C20H25N7O. The fourth-order valence-electron chi connectivity index (χ4n) is 3.94. The van der Waals surface area contributed by atoms with Gasteiger partial charge in [0.15, 0.2) is 0 Å². The molecule has 2 N–H and O–H groups in total. The van der Waals surface area contributed by atoms with Gasteiger partial charge in [-0.1, -0.05) is 18.1 Å². The van der Waals surface area contributed by atoms with E-state index in [1.54, 1.807) is 17.1 Å². The fraction of sp³-hybridized carbons (Fsp3) is 0.400. The molecule has 4 rings (SSSR count). The van der Waals surface area contributed by atoms with Crippen molar-refractivity contribution in [2.24, 2.45) is 0 Å². The van der Waals surface area contributed by atoms with E-state index in [2.05, 4.69) is 25.8 Å². The monoisotopic (exact) mass is 379 g/mol. The fourth-order valence-corrected chi connectivity index (χ4v) is 3.94. The van der Waals surface area contributed by atoms with Crippen LogP contribution in [-0.4, -0.2) is 42.7 Å². The first-order valence-corrected chi connectivity index (χ1v) is 9.69. The van der Waals surface area contributed by atoms with Gasteiger partial charge in [-0.05, 0) is 51.0 Å². The molecule has 1 aliphatic rings. The second kappa shape index (κ2) is 7.84. The average molecular weight is 379 g/mol. The Hall–Kier alpha value is -3.16. The van der Waals surface area contributed by atoms with E-state index in [1.807, 2.05) is 43.0 Å². The number of H-pyrrole nitrogens is 1. The Bertz CT molecular complexity index is 911. The predicted molar refractivity (Wildman–Crippen MR) is 106 cm³/mol. The van der Waals surface area contributed by atoms with Crippen LogP contribution in [0.1, 0.15) is 48.7 Å². The first kappa shape index (κ1) is 18.2. The topological polar surface area (TPSA) is 91.7 Å². The lowest BCUT2D eigenvalue weighted by Crippen LogP contribution is -2.38. The van der Waals surface area contributed by atoms with Crippen molar-refractivity contribution in [1.29, 1.82) is 0 Å². The molecule has 0 spiro atoms. The second-order valence-electron chi connectivity index (χ2n) is 7.23. The summed E-state index contributed by atoms with van der Waals surface area (Å²) in [4.78, 5) is 15.1. The highest BCUT2D eigenvalue weighted by Gasteiger charge is 2.30. The summed E-state index contributed by atoms with van der Waals surface area (Å²) in [5.41, 5.74) is 4.82. The molecule has 1 fully saturated rings. The molecule has 8 nitrogen and oxygen atoms in total. The molecule has 2 aromatic heterocycles. The number of aromatic amines is 1. The van der Waals surface area contributed by atoms with Gasteiger partial charge in [0.2, 0.25) is 0 Å². The number of likely N-dealkylation sites (tertiary alicyclic amines) is 1. The van der Waals surface area contributed by atoms with Crippen molar-refractivity contribution in [3.8, 4) is 5.69 Å². The summed E-state index contributed by atoms with van der Waals surface area (Å²) >= 11 is 0. The molecular weight excluding hydrogens is 354 g/mol. The number of benzene rings is 1. The largest absolute Gasteiger partial charge is 0.322 e. The average Bonchev–Trinajstić information content (AvgIpc) is 3.27. The molecule has 8 heteroatoms. The Morgan fingerprint density at radius 1 is 1.18 bits per heavy atom. The van der Waals surface area contributed by atoms with Crippen molar-refractivity contribution in [3.05, 3.63) is 53.6 Å². The number of carbonyl (C=O) groups is 1. The van der Waals surface area contributed by atoms with Crippen LogP contribution < -0.4 is 5.32 Å². The molecule has 0 unspecified atom stereocenters. The van der Waals surface area contributed by atoms with Crippen LogP contribution in [0.2, 0.25) is 0 Å². The van der Waals surface area contributed by atoms with E-state index < -0.39 is 0 Å². The Labute approximate surface area is 163 Å². The molecule has 3 heterocycles. The molecule has 0 aliphatic carbocycles. The molecule has 0 bridgehead atoms. The summed E-state index contributed by atoms with van der Waals surface area (Å²) in [6.45, 7) is 4.78. The molecule has 0 radical (unpaired) electrons. The maximum Gasteiger partial charge on any atom is 0.322 e. The lowest BCUT2D eigenvalue weighted by atomic mass is 9.99. The third-order valence-corrected chi connectivity index (χ3v) is 5.34. The number of amides is 2. The van der Waals surface area contributed by atoms with Gasteiger partial charge in [0.1, 0.15) is 0 Å². The Morgan fingerprint density at radius 3 is 2.68 bits per heavy atom. The lowest BCUT2D eigenvalue weighted by Gasteiger charge is -2.30. The van der Waals surface area contributed by atoms with Crippen molar-refractivity contribution in [1.82, 2.24) is 30.1 Å². The smallest absolute Gasteiger partial charge is 0.317 e. The molecule has 1 aromatic carbocycles. The summed E-state index contributed by atoms with van der Waals surface area (Å²) in [6.07, 6.45) is 7.65. The van der Waals surface area contributed by atoms with Crippen LogP contribution in [0.3, 0.4) is 0 Å². The number of anilines is 1. The van der Waals surface area contributed by atoms with Crippen LogP contribution in [0.5, 0.6) is 0 Å². The summed E-state index contributed by atoms with van der Waals surface area (Å²) < 4.78 is 1.68. The minimum Gasteiger partial charge on any atom is -0.317 e. The van der Waals surface area contributed by atoms with E-state index >= 15 is 0 Å². The van der Waals surface area contributed by atoms with Gasteiger partial charge in [-0.25, -0.2) is 9.48 Å². The van der Waals surface area contributed by atoms with Crippen LogP contribution in [0.4, 0.5) is 10.5 Å². The first-order chi connectivity index (χ1) is 13.6. The molecule has 0 saturated carbocycles. The van der Waals surface area contributed by atoms with Gasteiger partial charge in [-0.15, -0.1) is 5.10 Å². The van der Waals surface area contributed by atoms with Crippen LogP contribution in [0.15, 0.2) is 36.7 Å². The van der Waals surface area contributed by atoms with Crippen LogP contribution in [0, 0.1) is 13.8 Å². The summed E-state index contributed by atoms with van der Waals surface area (Å²) in [5, 5.41) is 18.2. The molecule has 1 aliphatic heterocycles. The molecule has 28 heavy (non-hydrogen) atoms. The number of rotatable bonds is 3. The lowest BCUT2D eigenvalue weighted by molar-refractivity contribution is 0.189. The molecule has 2 amide bonds. The second-order valence-corrected chi connectivity index (χ2v) is 7.23. The standard InChI is InChI=1S/C20H25N7O/c1-14-19(15(2)24-23-14)18-6-4-3-5-12-26(18)20(28)22-16-7-9-17(10-8-16)27-13-11-21-25-27/h7-11,13,18H,3-6,12H2,1-2H3,(H,22,28)(H,23,24)/t18-/m0/s1. The van der Waals surface area contributed by atoms with Gasteiger partial charge in [-0.3, -0.25) is 5.10 Å². The van der Waals surface area contributed by atoms with E-state index in [-0.39, 0.29) is 12.1 Å². The highest BCUT2D eigenvalue weighted by Crippen LogP contribution is 2.33. The van der Waals surface area contributed by atoms with E-state index in [0.29, 0.717) is 0 Å². The van der Waals surface area contributed by atoms with Crippen molar-refractivity contribution in [2.45, 2.75) is 45.6 Å². The van der Waals surface area contributed by atoms with Crippen LogP contribution in [-0.2, 0) is 0 Å². The van der Waals surface area contributed by atoms with Crippen molar-refractivity contribution >= 4 is 11.7 Å². The quantitative estimate of drug-likeness (QED) is 0.725. The van der Waals surface area contributed by atoms with Gasteiger partial charge < -0.3 is 10.2 Å². The van der Waals surface area contributed by atoms with Gasteiger partial charge >= 0.3 is 6.03 Å². The number of aryl methyl sites for hydroxylation is 2. The zero-order valence-corrected chi connectivity index (χ0v) is 16.2. The highest BCUT2D eigenvalue weighted by atomic mass is 16.2. The Kier molecular flexibility index (Phi) is 5.10. The minimum absolute atomic E-state index is 0.0515.